The van der Waals surface area contributed by atoms with Crippen LogP contribution in [0.3, 0.4) is 0 Å². The lowest BCUT2D eigenvalue weighted by Gasteiger charge is -2.21. The summed E-state index contributed by atoms with van der Waals surface area (Å²) in [5.41, 5.74) is -0.273. The third-order valence-corrected chi connectivity index (χ3v) is 3.66. The fourth-order valence-corrected chi connectivity index (χ4v) is 2.54. The number of ketones is 1. The maximum absolute atomic E-state index is 13.5. The van der Waals surface area contributed by atoms with Crippen molar-refractivity contribution in [3.63, 3.8) is 0 Å². The average Bonchev–Trinajstić information content (AvgIpc) is 2.94. The molecule has 0 radical (unpaired) electrons. The molecule has 1 N–H and O–H groups in total. The van der Waals surface area contributed by atoms with Gasteiger partial charge in [-0.15, -0.1) is 0 Å². The Balaban J connectivity index is 1.96. The summed E-state index contributed by atoms with van der Waals surface area (Å²) >= 11 is 0. The molecule has 7 heteroatoms. The number of carbonyl (C=O) groups is 3. The monoisotopic (exact) mass is 311 g/mol. The third-order valence-electron chi connectivity index (χ3n) is 3.66. The summed E-state index contributed by atoms with van der Waals surface area (Å²) < 4.78 is 26.2. The molecule has 1 amide bonds. The van der Waals surface area contributed by atoms with E-state index in [9.17, 15) is 23.2 Å². The molecular weight excluding hydrogens is 296 g/mol. The Morgan fingerprint density at radius 2 is 1.95 bits per heavy atom. The van der Waals surface area contributed by atoms with Crippen molar-refractivity contribution in [3.05, 3.63) is 35.4 Å². The number of hydrogen-bond donors (Lipinski definition) is 1. The fourth-order valence-electron chi connectivity index (χ4n) is 2.54. The molecule has 0 aromatic heterocycles. The predicted molar refractivity (Wildman–Crippen MR) is 72.3 cm³/mol. The molecule has 0 saturated carbocycles. The van der Waals surface area contributed by atoms with E-state index in [1.807, 2.05) is 0 Å². The molecule has 1 saturated heterocycles. The van der Waals surface area contributed by atoms with Gasteiger partial charge in [-0.25, -0.2) is 13.6 Å². The van der Waals surface area contributed by atoms with E-state index in [0.29, 0.717) is 25.5 Å². The number of Topliss-reactive ketones (excluding diaryl/α,β-unsaturated/α-hetero) is 1. The van der Waals surface area contributed by atoms with Crippen molar-refractivity contribution in [2.75, 3.05) is 6.54 Å². The Kier molecular flexibility index (Phi) is 4.85. The van der Waals surface area contributed by atoms with Crippen molar-refractivity contribution in [3.8, 4) is 0 Å². The number of nitrogens with zero attached hydrogens (tertiary/aromatic N) is 1. The van der Waals surface area contributed by atoms with E-state index in [4.69, 9.17) is 5.11 Å². The van der Waals surface area contributed by atoms with Gasteiger partial charge in [-0.2, -0.15) is 0 Å². The first-order valence-electron chi connectivity index (χ1n) is 6.90. The number of carbonyl (C=O) groups excluding carboxylic acids is 2. The van der Waals surface area contributed by atoms with Crippen LogP contribution < -0.4 is 0 Å². The first-order valence-corrected chi connectivity index (χ1v) is 6.90. The second-order valence-corrected chi connectivity index (χ2v) is 5.13. The van der Waals surface area contributed by atoms with Crippen LogP contribution in [0.4, 0.5) is 8.78 Å². The van der Waals surface area contributed by atoms with Crippen LogP contribution in [-0.4, -0.2) is 40.3 Å². The molecule has 1 aliphatic heterocycles. The summed E-state index contributed by atoms with van der Waals surface area (Å²) in [6.45, 7) is 0.342. The van der Waals surface area contributed by atoms with Crippen molar-refractivity contribution >= 4 is 17.7 Å². The zero-order valence-corrected chi connectivity index (χ0v) is 11.7. The highest BCUT2D eigenvalue weighted by Crippen LogP contribution is 2.20. The van der Waals surface area contributed by atoms with E-state index in [2.05, 4.69) is 0 Å². The minimum atomic E-state index is -1.07. The van der Waals surface area contributed by atoms with Gasteiger partial charge >= 0.3 is 5.97 Å². The molecule has 0 bridgehead atoms. The molecule has 22 heavy (non-hydrogen) atoms. The lowest BCUT2D eigenvalue weighted by atomic mass is 10.1. The van der Waals surface area contributed by atoms with Crippen molar-refractivity contribution in [2.45, 2.75) is 31.7 Å². The van der Waals surface area contributed by atoms with Gasteiger partial charge < -0.3 is 10.0 Å². The standard InChI is InChI=1S/C15H15F2NO4/c16-9-3-4-10(11(17)8-9)13(19)5-6-14(20)18-7-1-2-12(18)15(21)22/h3-4,8,12H,1-2,5-7H2,(H,21,22). The summed E-state index contributed by atoms with van der Waals surface area (Å²) in [7, 11) is 0. The Bertz CT molecular complexity index is 618. The summed E-state index contributed by atoms with van der Waals surface area (Å²) in [6.07, 6.45) is 0.550. The van der Waals surface area contributed by atoms with E-state index < -0.39 is 35.3 Å². The lowest BCUT2D eigenvalue weighted by molar-refractivity contribution is -0.148. The molecular formula is C15H15F2NO4. The SMILES string of the molecule is O=C(CCC(=O)N1CCCC1C(=O)O)c1ccc(F)cc1F. The molecule has 1 aliphatic rings. The number of hydrogen-bond acceptors (Lipinski definition) is 3. The second-order valence-electron chi connectivity index (χ2n) is 5.13. The van der Waals surface area contributed by atoms with Gasteiger partial charge in [0.1, 0.15) is 17.7 Å². The summed E-state index contributed by atoms with van der Waals surface area (Å²) in [4.78, 5) is 36.1. The summed E-state index contributed by atoms with van der Waals surface area (Å²) in [5, 5.41) is 9.00. The Morgan fingerprint density at radius 1 is 1.23 bits per heavy atom. The van der Waals surface area contributed by atoms with Gasteiger partial charge in [-0.3, -0.25) is 9.59 Å². The first kappa shape index (κ1) is 16.1. The van der Waals surface area contributed by atoms with Crippen LogP contribution in [0.15, 0.2) is 18.2 Å². The number of aliphatic carboxylic acids is 1. The van der Waals surface area contributed by atoms with Gasteiger partial charge in [-0.05, 0) is 25.0 Å². The number of amides is 1. The van der Waals surface area contributed by atoms with Crippen molar-refractivity contribution in [1.29, 1.82) is 0 Å². The second kappa shape index (κ2) is 6.64. The molecule has 1 unspecified atom stereocenters. The van der Waals surface area contributed by atoms with Gasteiger partial charge in [0.2, 0.25) is 5.91 Å². The number of likely N-dealkylation sites (tertiary alicyclic amines) is 1. The highest BCUT2D eigenvalue weighted by Gasteiger charge is 2.33. The molecule has 0 aliphatic carbocycles. The van der Waals surface area contributed by atoms with Crippen LogP contribution in [0.25, 0.3) is 0 Å². The molecule has 5 nitrogen and oxygen atoms in total. The Hall–Kier alpha value is -2.31. The molecule has 1 atom stereocenters. The molecule has 0 spiro atoms. The fraction of sp³-hybridized carbons (Fsp3) is 0.400. The number of carboxylic acid groups (broad SMARTS) is 1. The smallest absolute Gasteiger partial charge is 0.326 e. The van der Waals surface area contributed by atoms with Gasteiger partial charge in [-0.1, -0.05) is 0 Å². The first-order chi connectivity index (χ1) is 10.4. The zero-order chi connectivity index (χ0) is 16.3. The largest absolute Gasteiger partial charge is 0.480 e. The van der Waals surface area contributed by atoms with Crippen LogP contribution in [0.5, 0.6) is 0 Å². The van der Waals surface area contributed by atoms with E-state index in [-0.39, 0.29) is 18.4 Å². The third kappa shape index (κ3) is 3.47. The van der Waals surface area contributed by atoms with Gasteiger partial charge in [0.25, 0.3) is 0 Å². The minimum Gasteiger partial charge on any atom is -0.480 e. The van der Waals surface area contributed by atoms with Crippen LogP contribution in [-0.2, 0) is 9.59 Å². The molecule has 1 aromatic carbocycles. The summed E-state index contributed by atoms with van der Waals surface area (Å²) in [5.74, 6) is -3.88. The number of rotatable bonds is 5. The van der Waals surface area contributed by atoms with E-state index in [1.54, 1.807) is 0 Å². The normalized spacial score (nSPS) is 17.5. The van der Waals surface area contributed by atoms with E-state index in [0.717, 1.165) is 12.1 Å². The minimum absolute atomic E-state index is 0.195. The van der Waals surface area contributed by atoms with Gasteiger partial charge in [0.15, 0.2) is 5.78 Å². The highest BCUT2D eigenvalue weighted by molar-refractivity contribution is 5.98. The maximum atomic E-state index is 13.5. The molecule has 1 fully saturated rings. The van der Waals surface area contributed by atoms with Gasteiger partial charge in [0.05, 0.1) is 5.56 Å². The van der Waals surface area contributed by atoms with Crippen molar-refractivity contribution in [1.82, 2.24) is 4.90 Å². The molecule has 2 rings (SSSR count). The van der Waals surface area contributed by atoms with Crippen LogP contribution in [0.1, 0.15) is 36.0 Å². The highest BCUT2D eigenvalue weighted by atomic mass is 19.1. The Labute approximate surface area is 125 Å². The molecule has 1 heterocycles. The lowest BCUT2D eigenvalue weighted by Crippen LogP contribution is -2.40. The van der Waals surface area contributed by atoms with Crippen molar-refractivity contribution in [2.24, 2.45) is 0 Å². The molecule has 118 valence electrons. The Morgan fingerprint density at radius 3 is 2.59 bits per heavy atom. The maximum Gasteiger partial charge on any atom is 0.326 e. The van der Waals surface area contributed by atoms with Gasteiger partial charge in [0, 0.05) is 25.5 Å². The zero-order valence-electron chi connectivity index (χ0n) is 11.7. The quantitative estimate of drug-likeness (QED) is 0.844. The van der Waals surface area contributed by atoms with Crippen LogP contribution in [0.2, 0.25) is 0 Å². The number of benzene rings is 1. The van der Waals surface area contributed by atoms with Crippen LogP contribution >= 0.6 is 0 Å². The molecule has 1 aromatic rings. The number of carboxylic acids is 1. The van der Waals surface area contributed by atoms with Crippen molar-refractivity contribution < 1.29 is 28.3 Å². The van der Waals surface area contributed by atoms with Crippen LogP contribution in [0, 0.1) is 11.6 Å². The van der Waals surface area contributed by atoms with E-state index in [1.165, 1.54) is 4.90 Å². The van der Waals surface area contributed by atoms with E-state index >= 15 is 0 Å². The topological polar surface area (TPSA) is 74.7 Å². The predicted octanol–water partition coefficient (Wildman–Crippen LogP) is 2.00. The summed E-state index contributed by atoms with van der Waals surface area (Å²) in [6, 6.07) is 1.76. The number of halogens is 2. The average molecular weight is 311 g/mol.